The van der Waals surface area contributed by atoms with Crippen LogP contribution in [0.5, 0.6) is 0 Å². The minimum absolute atomic E-state index is 0. The summed E-state index contributed by atoms with van der Waals surface area (Å²) < 4.78 is 2.02. The molecule has 0 unspecified atom stereocenters. The second kappa shape index (κ2) is 14.3. The van der Waals surface area contributed by atoms with Crippen molar-refractivity contribution in [1.29, 1.82) is 0 Å². The maximum Gasteiger partial charge on any atom is 0.191 e. The highest BCUT2D eigenvalue weighted by atomic mass is 127. The summed E-state index contributed by atoms with van der Waals surface area (Å²) in [4.78, 5) is 4.71. The molecule has 1 heterocycles. The third kappa shape index (κ3) is 10.0. The van der Waals surface area contributed by atoms with E-state index in [1.54, 1.807) is 12.7 Å². The summed E-state index contributed by atoms with van der Waals surface area (Å²) in [7, 11) is 0. The first-order chi connectivity index (χ1) is 11.9. The Balaban J connectivity index is 0.00000312. The minimum Gasteiger partial charge on any atom is -0.357 e. The smallest absolute Gasteiger partial charge is 0.191 e. The van der Waals surface area contributed by atoms with E-state index in [0.717, 1.165) is 50.9 Å². The van der Waals surface area contributed by atoms with Gasteiger partial charge in [-0.1, -0.05) is 32.1 Å². The lowest BCUT2D eigenvalue weighted by molar-refractivity contribution is 0.334. The predicted molar refractivity (Wildman–Crippen MR) is 114 cm³/mol. The first-order valence-electron chi connectivity index (χ1n) is 9.73. The van der Waals surface area contributed by atoms with Crippen LogP contribution in [0, 0.1) is 5.92 Å². The lowest BCUT2D eigenvalue weighted by Crippen LogP contribution is -2.38. The molecule has 25 heavy (non-hydrogen) atoms. The van der Waals surface area contributed by atoms with Crippen molar-refractivity contribution in [3.8, 4) is 0 Å². The summed E-state index contributed by atoms with van der Waals surface area (Å²) in [5.41, 5.74) is 0. The van der Waals surface area contributed by atoms with Crippen LogP contribution in [0.3, 0.4) is 0 Å². The molecule has 0 spiro atoms. The second-order valence-electron chi connectivity index (χ2n) is 6.74. The number of guanidine groups is 1. The Morgan fingerprint density at radius 1 is 1.08 bits per heavy atom. The lowest BCUT2D eigenvalue weighted by Gasteiger charge is -2.20. The van der Waals surface area contributed by atoms with E-state index in [1.165, 1.54) is 44.9 Å². The van der Waals surface area contributed by atoms with Crippen LogP contribution < -0.4 is 10.6 Å². The van der Waals surface area contributed by atoms with E-state index < -0.39 is 0 Å². The van der Waals surface area contributed by atoms with E-state index in [2.05, 4.69) is 27.8 Å². The molecule has 0 amide bonds. The van der Waals surface area contributed by atoms with Gasteiger partial charge in [0.2, 0.25) is 0 Å². The Hall–Kier alpha value is -0.860. The normalized spacial score (nSPS) is 15.6. The molecule has 2 rings (SSSR count). The zero-order valence-electron chi connectivity index (χ0n) is 15.6. The number of unbranched alkanes of at least 4 members (excludes halogenated alkanes) is 1. The van der Waals surface area contributed by atoms with E-state index >= 15 is 0 Å². The van der Waals surface area contributed by atoms with Crippen molar-refractivity contribution in [2.45, 2.75) is 71.3 Å². The van der Waals surface area contributed by atoms with Crippen LogP contribution >= 0.6 is 24.0 Å². The fourth-order valence-corrected chi connectivity index (χ4v) is 3.35. The quantitative estimate of drug-likeness (QED) is 0.241. The summed E-state index contributed by atoms with van der Waals surface area (Å²) in [5.74, 6) is 1.92. The number of aliphatic imine (C=N–C) groups is 1. The zero-order valence-corrected chi connectivity index (χ0v) is 18.0. The molecule has 7 heteroatoms. The Morgan fingerprint density at radius 3 is 2.56 bits per heavy atom. The van der Waals surface area contributed by atoms with Crippen LogP contribution in [0.15, 0.2) is 17.6 Å². The molecule has 0 aliphatic heterocycles. The molecule has 6 nitrogen and oxygen atoms in total. The summed E-state index contributed by atoms with van der Waals surface area (Å²) in [5, 5.41) is 14.4. The molecule has 1 saturated carbocycles. The Bertz CT molecular complexity index is 442. The van der Waals surface area contributed by atoms with Crippen molar-refractivity contribution in [3.63, 3.8) is 0 Å². The third-order valence-corrected chi connectivity index (χ3v) is 4.71. The molecule has 0 aromatic carbocycles. The van der Waals surface area contributed by atoms with Gasteiger partial charge in [-0.05, 0) is 38.5 Å². The SMILES string of the molecule is CCNC(=NCCCC1CCCCC1)NCCCCn1cnnc1.I. The fourth-order valence-electron chi connectivity index (χ4n) is 3.35. The van der Waals surface area contributed by atoms with Crippen molar-refractivity contribution in [1.82, 2.24) is 25.4 Å². The van der Waals surface area contributed by atoms with Crippen LogP contribution in [0.2, 0.25) is 0 Å². The highest BCUT2D eigenvalue weighted by molar-refractivity contribution is 14.0. The van der Waals surface area contributed by atoms with Gasteiger partial charge in [0.15, 0.2) is 5.96 Å². The highest BCUT2D eigenvalue weighted by Gasteiger charge is 2.12. The van der Waals surface area contributed by atoms with Crippen LogP contribution in [-0.2, 0) is 6.54 Å². The summed E-state index contributed by atoms with van der Waals surface area (Å²) in [6.07, 6.45) is 15.5. The molecule has 144 valence electrons. The number of hydrogen-bond acceptors (Lipinski definition) is 3. The number of nitrogens with zero attached hydrogens (tertiary/aromatic N) is 4. The molecule has 0 saturated heterocycles. The number of nitrogens with one attached hydrogen (secondary N) is 2. The van der Waals surface area contributed by atoms with E-state index in [9.17, 15) is 0 Å². The average molecular weight is 462 g/mol. The molecule has 0 atom stereocenters. The number of rotatable bonds is 10. The van der Waals surface area contributed by atoms with Crippen molar-refractivity contribution in [3.05, 3.63) is 12.7 Å². The topological polar surface area (TPSA) is 67.1 Å². The number of hydrogen-bond donors (Lipinski definition) is 2. The predicted octanol–water partition coefficient (Wildman–Crippen LogP) is 3.59. The molecule has 2 N–H and O–H groups in total. The van der Waals surface area contributed by atoms with Gasteiger partial charge in [-0.3, -0.25) is 4.99 Å². The number of aromatic nitrogens is 3. The van der Waals surface area contributed by atoms with Gasteiger partial charge < -0.3 is 15.2 Å². The molecule has 1 aliphatic carbocycles. The van der Waals surface area contributed by atoms with Crippen LogP contribution in [0.25, 0.3) is 0 Å². The van der Waals surface area contributed by atoms with E-state index in [1.807, 2.05) is 4.57 Å². The van der Waals surface area contributed by atoms with Crippen LogP contribution in [0.4, 0.5) is 0 Å². The van der Waals surface area contributed by atoms with Crippen molar-refractivity contribution >= 4 is 29.9 Å². The Kier molecular flexibility index (Phi) is 12.7. The Morgan fingerprint density at radius 2 is 1.84 bits per heavy atom. The fraction of sp³-hybridized carbons (Fsp3) is 0.833. The van der Waals surface area contributed by atoms with Crippen molar-refractivity contribution in [2.24, 2.45) is 10.9 Å². The van der Waals surface area contributed by atoms with Gasteiger partial charge in [-0.2, -0.15) is 0 Å². The van der Waals surface area contributed by atoms with Gasteiger partial charge in [0.1, 0.15) is 12.7 Å². The first-order valence-corrected chi connectivity index (χ1v) is 9.73. The van der Waals surface area contributed by atoms with Crippen LogP contribution in [0.1, 0.15) is 64.7 Å². The van der Waals surface area contributed by atoms with Gasteiger partial charge in [-0.25, -0.2) is 0 Å². The first kappa shape index (κ1) is 22.2. The summed E-state index contributed by atoms with van der Waals surface area (Å²) >= 11 is 0. The Labute approximate surface area is 169 Å². The second-order valence-corrected chi connectivity index (χ2v) is 6.74. The number of halogens is 1. The standard InChI is InChI=1S/C18H34N6.HI/c1-2-19-18(20-12-6-7-14-24-15-22-23-16-24)21-13-8-11-17-9-4-3-5-10-17;/h15-17H,2-14H2,1H3,(H2,19,20,21);1H. The van der Waals surface area contributed by atoms with Gasteiger partial charge in [-0.15, -0.1) is 34.2 Å². The molecule has 1 aromatic heterocycles. The number of aryl methyl sites for hydroxylation is 1. The molecule has 1 aliphatic rings. The zero-order chi connectivity index (χ0) is 16.9. The van der Waals surface area contributed by atoms with E-state index in [4.69, 9.17) is 4.99 Å². The maximum absolute atomic E-state index is 4.71. The molecule has 0 radical (unpaired) electrons. The summed E-state index contributed by atoms with van der Waals surface area (Å²) in [6.45, 7) is 5.90. The lowest BCUT2D eigenvalue weighted by atomic mass is 9.86. The van der Waals surface area contributed by atoms with Crippen molar-refractivity contribution < 1.29 is 0 Å². The maximum atomic E-state index is 4.71. The molecular weight excluding hydrogens is 427 g/mol. The third-order valence-electron chi connectivity index (χ3n) is 4.71. The van der Waals surface area contributed by atoms with Gasteiger partial charge in [0, 0.05) is 26.2 Å². The monoisotopic (exact) mass is 462 g/mol. The minimum atomic E-state index is 0. The van der Waals surface area contributed by atoms with E-state index in [-0.39, 0.29) is 24.0 Å². The highest BCUT2D eigenvalue weighted by Crippen LogP contribution is 2.27. The van der Waals surface area contributed by atoms with Gasteiger partial charge in [0.25, 0.3) is 0 Å². The largest absolute Gasteiger partial charge is 0.357 e. The molecular formula is C18H35IN6. The summed E-state index contributed by atoms with van der Waals surface area (Å²) in [6, 6.07) is 0. The average Bonchev–Trinajstić information content (AvgIpc) is 3.12. The molecule has 1 fully saturated rings. The van der Waals surface area contributed by atoms with Gasteiger partial charge >= 0.3 is 0 Å². The van der Waals surface area contributed by atoms with E-state index in [0.29, 0.717) is 0 Å². The molecule has 0 bridgehead atoms. The molecule has 1 aromatic rings. The van der Waals surface area contributed by atoms with Crippen molar-refractivity contribution in [2.75, 3.05) is 19.6 Å². The van der Waals surface area contributed by atoms with Crippen LogP contribution in [-0.4, -0.2) is 40.4 Å². The van der Waals surface area contributed by atoms with Gasteiger partial charge in [0.05, 0.1) is 0 Å².